The fraction of sp³-hybridized carbons (Fsp3) is 0. The van der Waals surface area contributed by atoms with Crippen LogP contribution in [0.4, 0.5) is 5.69 Å². The zero-order valence-electron chi connectivity index (χ0n) is 15.5. The summed E-state index contributed by atoms with van der Waals surface area (Å²) in [6.07, 6.45) is 0. The van der Waals surface area contributed by atoms with Crippen molar-refractivity contribution in [3.05, 3.63) is 94.8 Å². The van der Waals surface area contributed by atoms with E-state index in [0.717, 1.165) is 0 Å². The second-order valence-electron chi connectivity index (χ2n) is 6.56. The molecule has 0 radical (unpaired) electrons. The van der Waals surface area contributed by atoms with E-state index in [2.05, 4.69) is 5.32 Å². The first-order chi connectivity index (χ1) is 14.3. The number of para-hydroxylation sites is 1. The maximum atomic E-state index is 12.6. The molecule has 1 amide bonds. The van der Waals surface area contributed by atoms with E-state index in [1.807, 2.05) is 0 Å². The van der Waals surface area contributed by atoms with E-state index in [-0.39, 0.29) is 21.9 Å². The van der Waals surface area contributed by atoms with E-state index in [0.29, 0.717) is 22.2 Å². The van der Waals surface area contributed by atoms with Gasteiger partial charge in [-0.05, 0) is 42.5 Å². The van der Waals surface area contributed by atoms with Crippen molar-refractivity contribution < 1.29 is 17.6 Å². The average Bonchev–Trinajstić information content (AvgIpc) is 2.73. The molecular weight excluding hydrogens is 404 g/mol. The van der Waals surface area contributed by atoms with E-state index in [9.17, 15) is 18.0 Å². The lowest BCUT2D eigenvalue weighted by Crippen LogP contribution is -2.16. The Labute approximate surface area is 171 Å². The largest absolute Gasteiger partial charge is 0.422 e. The van der Waals surface area contributed by atoms with E-state index in [1.54, 1.807) is 54.6 Å². The van der Waals surface area contributed by atoms with Crippen molar-refractivity contribution in [1.82, 2.24) is 0 Å². The van der Waals surface area contributed by atoms with Crippen LogP contribution in [-0.4, -0.2) is 14.3 Å². The quantitative estimate of drug-likeness (QED) is 0.491. The lowest BCUT2D eigenvalue weighted by molar-refractivity contribution is 0.102. The fourth-order valence-corrected chi connectivity index (χ4v) is 3.84. The Bertz CT molecular complexity index is 1430. The summed E-state index contributed by atoms with van der Waals surface area (Å²) in [5.41, 5.74) is 0.456. The summed E-state index contributed by atoms with van der Waals surface area (Å²) in [5.74, 6) is -0.379. The lowest BCUT2D eigenvalue weighted by atomic mass is 10.0. The smallest absolute Gasteiger partial charge is 0.344 e. The van der Waals surface area contributed by atoms with Crippen molar-refractivity contribution in [3.8, 4) is 11.1 Å². The molecule has 0 saturated carbocycles. The summed E-state index contributed by atoms with van der Waals surface area (Å²) in [6.45, 7) is 0. The average molecular weight is 420 g/mol. The highest BCUT2D eigenvalue weighted by molar-refractivity contribution is 7.89. The molecule has 0 unspecified atom stereocenters. The third kappa shape index (κ3) is 3.86. The Morgan fingerprint density at radius 2 is 1.57 bits per heavy atom. The molecule has 0 aliphatic rings. The number of carbonyl (C=O) groups excluding carboxylic acids is 1. The minimum Gasteiger partial charge on any atom is -0.422 e. The molecule has 30 heavy (non-hydrogen) atoms. The molecule has 3 N–H and O–H groups in total. The van der Waals surface area contributed by atoms with Gasteiger partial charge in [-0.3, -0.25) is 4.79 Å². The summed E-state index contributed by atoms with van der Waals surface area (Å²) in [4.78, 5) is 24.8. The number of hydrogen-bond acceptors (Lipinski definition) is 5. The predicted molar refractivity (Wildman–Crippen MR) is 114 cm³/mol. The summed E-state index contributed by atoms with van der Waals surface area (Å²) < 4.78 is 29.6. The predicted octanol–water partition coefficient (Wildman–Crippen LogP) is 3.36. The van der Waals surface area contributed by atoms with Gasteiger partial charge < -0.3 is 9.73 Å². The van der Waals surface area contributed by atoms with Crippen LogP contribution in [0.15, 0.2) is 93.0 Å². The Morgan fingerprint density at radius 3 is 2.30 bits per heavy atom. The van der Waals surface area contributed by atoms with Crippen molar-refractivity contribution in [1.29, 1.82) is 0 Å². The van der Waals surface area contributed by atoms with Gasteiger partial charge in [-0.2, -0.15) is 0 Å². The van der Waals surface area contributed by atoms with Crippen LogP contribution in [0.5, 0.6) is 0 Å². The SMILES string of the molecule is NS(=O)(=O)c1ccc(NC(=O)c2ccccc2)cc1-c1cc2ccccc2oc1=O. The van der Waals surface area contributed by atoms with Gasteiger partial charge >= 0.3 is 5.63 Å². The van der Waals surface area contributed by atoms with Crippen LogP contribution in [0.3, 0.4) is 0 Å². The van der Waals surface area contributed by atoms with Gasteiger partial charge in [0.2, 0.25) is 10.0 Å². The summed E-state index contributed by atoms with van der Waals surface area (Å²) in [5, 5.41) is 8.67. The minimum absolute atomic E-state index is 0.0218. The second-order valence-corrected chi connectivity index (χ2v) is 8.09. The third-order valence-corrected chi connectivity index (χ3v) is 5.48. The van der Waals surface area contributed by atoms with Gasteiger partial charge in [-0.15, -0.1) is 0 Å². The summed E-state index contributed by atoms with van der Waals surface area (Å²) in [7, 11) is -4.14. The van der Waals surface area contributed by atoms with Gasteiger partial charge in [0, 0.05) is 22.2 Å². The topological polar surface area (TPSA) is 119 Å². The number of fused-ring (bicyclic) bond motifs is 1. The normalized spacial score (nSPS) is 11.4. The third-order valence-electron chi connectivity index (χ3n) is 4.51. The van der Waals surface area contributed by atoms with Crippen molar-refractivity contribution >= 4 is 32.6 Å². The molecule has 0 atom stereocenters. The van der Waals surface area contributed by atoms with Gasteiger partial charge in [0.05, 0.1) is 10.5 Å². The number of benzene rings is 3. The summed E-state index contributed by atoms with van der Waals surface area (Å²) in [6, 6.07) is 21.0. The van der Waals surface area contributed by atoms with Gasteiger partial charge in [-0.25, -0.2) is 18.4 Å². The first kappa shape index (κ1) is 19.6. The number of carbonyl (C=O) groups is 1. The molecule has 0 saturated heterocycles. The molecule has 150 valence electrons. The highest BCUT2D eigenvalue weighted by Crippen LogP contribution is 2.30. The number of hydrogen-bond donors (Lipinski definition) is 2. The van der Waals surface area contributed by atoms with Crippen molar-refractivity contribution in [2.45, 2.75) is 4.90 Å². The second kappa shape index (κ2) is 7.58. The van der Waals surface area contributed by atoms with E-state index >= 15 is 0 Å². The number of amides is 1. The van der Waals surface area contributed by atoms with Crippen molar-refractivity contribution in [2.24, 2.45) is 5.14 Å². The molecule has 7 nitrogen and oxygen atoms in total. The molecule has 3 aromatic carbocycles. The van der Waals surface area contributed by atoms with Crippen LogP contribution in [0.25, 0.3) is 22.1 Å². The lowest BCUT2D eigenvalue weighted by Gasteiger charge is -2.12. The number of primary sulfonamides is 1. The maximum absolute atomic E-state index is 12.6. The number of anilines is 1. The van der Waals surface area contributed by atoms with Crippen molar-refractivity contribution in [2.75, 3.05) is 5.32 Å². The van der Waals surface area contributed by atoms with Crippen molar-refractivity contribution in [3.63, 3.8) is 0 Å². The fourth-order valence-electron chi connectivity index (χ4n) is 3.11. The van der Waals surface area contributed by atoms with Gasteiger partial charge in [0.25, 0.3) is 5.91 Å². The monoisotopic (exact) mass is 420 g/mol. The Hall–Kier alpha value is -3.75. The van der Waals surface area contributed by atoms with Crippen LogP contribution >= 0.6 is 0 Å². The summed E-state index contributed by atoms with van der Waals surface area (Å²) >= 11 is 0. The number of sulfonamides is 1. The zero-order valence-corrected chi connectivity index (χ0v) is 16.3. The molecule has 1 heterocycles. The van der Waals surface area contributed by atoms with E-state index in [4.69, 9.17) is 9.56 Å². The maximum Gasteiger partial charge on any atom is 0.344 e. The highest BCUT2D eigenvalue weighted by Gasteiger charge is 2.20. The first-order valence-corrected chi connectivity index (χ1v) is 10.4. The Balaban J connectivity index is 1.85. The zero-order chi connectivity index (χ0) is 21.3. The highest BCUT2D eigenvalue weighted by atomic mass is 32.2. The Morgan fingerprint density at radius 1 is 0.867 bits per heavy atom. The standard InChI is InChI=1S/C22H16N2O5S/c23-30(27,28)20-11-10-16(24-21(25)14-6-2-1-3-7-14)13-17(20)18-12-15-8-4-5-9-19(15)29-22(18)26/h1-13H,(H,24,25)(H2,23,27,28). The van der Waals surface area contributed by atoms with Crippen LogP contribution in [-0.2, 0) is 10.0 Å². The molecule has 4 rings (SSSR count). The van der Waals surface area contributed by atoms with Crippen LogP contribution in [0, 0.1) is 0 Å². The molecule has 0 spiro atoms. The minimum atomic E-state index is -4.14. The van der Waals surface area contributed by atoms with E-state index in [1.165, 1.54) is 24.3 Å². The molecule has 0 bridgehead atoms. The van der Waals surface area contributed by atoms with Crippen LogP contribution < -0.4 is 16.1 Å². The van der Waals surface area contributed by atoms with Gasteiger partial charge in [0.15, 0.2) is 0 Å². The molecule has 8 heteroatoms. The molecule has 0 aliphatic heterocycles. The number of nitrogens with two attached hydrogens (primary N) is 1. The molecule has 1 aromatic heterocycles. The Kier molecular flexibility index (Phi) is 4.94. The molecule has 4 aromatic rings. The van der Waals surface area contributed by atoms with Gasteiger partial charge in [0.1, 0.15) is 5.58 Å². The molecule has 0 fully saturated rings. The molecule has 0 aliphatic carbocycles. The first-order valence-electron chi connectivity index (χ1n) is 8.89. The number of rotatable bonds is 4. The van der Waals surface area contributed by atoms with Crippen LogP contribution in [0.1, 0.15) is 10.4 Å². The van der Waals surface area contributed by atoms with Gasteiger partial charge in [-0.1, -0.05) is 36.4 Å². The number of nitrogens with one attached hydrogen (secondary N) is 1. The molecular formula is C22H16N2O5S. The van der Waals surface area contributed by atoms with Crippen LogP contribution in [0.2, 0.25) is 0 Å². The van der Waals surface area contributed by atoms with E-state index < -0.39 is 15.6 Å².